The number of carbonyl (C=O) groups is 2. The number of nitrogens with one attached hydrogen (secondary N) is 2. The molecule has 4 rings (SSSR count). The molecular formula is C36H50N7O6P. The molecule has 2 heterocycles. The summed E-state index contributed by atoms with van der Waals surface area (Å²) in [5, 5.41) is 6.38. The van der Waals surface area contributed by atoms with E-state index < -0.39 is 25.0 Å². The van der Waals surface area contributed by atoms with Crippen molar-refractivity contribution in [1.82, 2.24) is 29.7 Å². The second-order valence-corrected chi connectivity index (χ2v) is 16.8. The van der Waals surface area contributed by atoms with E-state index >= 15 is 0 Å². The number of aromatic nitrogens is 4. The molecule has 0 saturated carbocycles. The fourth-order valence-electron chi connectivity index (χ4n) is 5.05. The number of carbonyl (C=O) groups excluding carboxylic acids is 2. The molecule has 0 aliphatic rings. The number of hydrogen-bond acceptors (Lipinski definition) is 10. The zero-order valence-electron chi connectivity index (χ0n) is 30.1. The van der Waals surface area contributed by atoms with Crippen LogP contribution in [0.3, 0.4) is 0 Å². The maximum absolute atomic E-state index is 14.4. The summed E-state index contributed by atoms with van der Waals surface area (Å²) >= 11 is 0. The number of imidazole rings is 1. The van der Waals surface area contributed by atoms with Crippen LogP contribution in [0.15, 0.2) is 61.2 Å². The average molecular weight is 708 g/mol. The molecule has 4 aromatic rings. The molecule has 0 bridgehead atoms. The normalized spacial score (nSPS) is 13.9. The number of nitrogen functional groups attached to an aromatic ring is 1. The van der Waals surface area contributed by atoms with E-state index in [0.29, 0.717) is 61.4 Å². The highest BCUT2D eigenvalue weighted by Crippen LogP contribution is 2.36. The van der Waals surface area contributed by atoms with Crippen LogP contribution in [0.4, 0.5) is 5.82 Å². The second kappa shape index (κ2) is 16.7. The van der Waals surface area contributed by atoms with Gasteiger partial charge in [-0.15, -0.1) is 0 Å². The quantitative estimate of drug-likeness (QED) is 0.0947. The first-order chi connectivity index (χ1) is 23.5. The Kier molecular flexibility index (Phi) is 12.9. The lowest BCUT2D eigenvalue weighted by Gasteiger charge is -2.24. The monoisotopic (exact) mass is 707 g/mol. The molecule has 2 aromatic carbocycles. The van der Waals surface area contributed by atoms with Gasteiger partial charge in [-0.25, -0.2) is 24.5 Å². The van der Waals surface area contributed by atoms with Crippen molar-refractivity contribution in [2.24, 2.45) is 5.41 Å². The molecule has 2 atom stereocenters. The lowest BCUT2D eigenvalue weighted by molar-refractivity contribution is 0.00680. The minimum absolute atomic E-state index is 0.124. The second-order valence-electron chi connectivity index (χ2n) is 14.4. The topological polar surface area (TPSA) is 173 Å². The predicted molar refractivity (Wildman–Crippen MR) is 194 cm³/mol. The van der Waals surface area contributed by atoms with Gasteiger partial charge in [0.15, 0.2) is 11.5 Å². The molecule has 14 heteroatoms. The van der Waals surface area contributed by atoms with Crippen molar-refractivity contribution in [3.05, 3.63) is 83.4 Å². The highest BCUT2D eigenvalue weighted by atomic mass is 31.2. The molecule has 13 nitrogen and oxygen atoms in total. The lowest BCUT2D eigenvalue weighted by Crippen LogP contribution is -2.30. The van der Waals surface area contributed by atoms with E-state index in [0.717, 1.165) is 11.1 Å². The number of nitrogens with zero attached hydrogens (tertiary/aromatic N) is 4. The van der Waals surface area contributed by atoms with Crippen LogP contribution >= 0.6 is 7.44 Å². The van der Waals surface area contributed by atoms with Crippen LogP contribution in [-0.2, 0) is 38.2 Å². The molecule has 4 N–H and O–H groups in total. The van der Waals surface area contributed by atoms with Crippen LogP contribution in [0.2, 0.25) is 0 Å². The van der Waals surface area contributed by atoms with Gasteiger partial charge >= 0.3 is 11.9 Å². The van der Waals surface area contributed by atoms with Crippen molar-refractivity contribution in [1.29, 1.82) is 0 Å². The average Bonchev–Trinajstić information content (AvgIpc) is 3.46. The van der Waals surface area contributed by atoms with Crippen LogP contribution in [0.5, 0.6) is 0 Å². The van der Waals surface area contributed by atoms with Gasteiger partial charge in [0, 0.05) is 13.1 Å². The molecule has 0 aliphatic carbocycles. The molecule has 2 aromatic heterocycles. The maximum Gasteiger partial charge on any atom is 0.338 e. The Labute approximate surface area is 294 Å². The third kappa shape index (κ3) is 11.4. The first-order valence-corrected chi connectivity index (χ1v) is 18.6. The SMILES string of the molecule is C[C@H](Cn1cnc2c(N)ncnc21)OC[P@@](=O)(NCCc1ccccc1C(=O)OCC(C)(C)C)NCCc1ccccc1C(=O)OC(C)(C)C. The van der Waals surface area contributed by atoms with Crippen molar-refractivity contribution in [2.75, 3.05) is 31.8 Å². The molecule has 0 aliphatic heterocycles. The van der Waals surface area contributed by atoms with Crippen LogP contribution < -0.4 is 15.9 Å². The first kappa shape index (κ1) is 38.6. The standard InChI is InChI=1S/C36H50N7O6P/c1-25(20-43-23-40-30-31(37)38-22-39-32(30)43)48-24-50(46,42-19-17-27-13-9-11-15-29(27)34(45)49-36(5,6)7)41-18-16-26-12-8-10-14-28(26)33(44)47-21-35(2,3)4/h8-15,22-23,25H,16-21,24H2,1-7H3,(H2,37,38,39)(H2,41,42,46)/t25-,50-/m1/s1. The van der Waals surface area contributed by atoms with E-state index in [2.05, 4.69) is 25.1 Å². The molecule has 0 saturated heterocycles. The molecular weight excluding hydrogens is 657 g/mol. The van der Waals surface area contributed by atoms with Gasteiger partial charge in [-0.2, -0.15) is 0 Å². The van der Waals surface area contributed by atoms with Gasteiger partial charge in [-0.1, -0.05) is 57.2 Å². The van der Waals surface area contributed by atoms with E-state index in [1.54, 1.807) is 30.6 Å². The number of rotatable bonds is 16. The van der Waals surface area contributed by atoms with Crippen LogP contribution in [0, 0.1) is 5.41 Å². The highest BCUT2D eigenvalue weighted by molar-refractivity contribution is 7.59. The Bertz CT molecular complexity index is 1810. The van der Waals surface area contributed by atoms with E-state index in [-0.39, 0.29) is 23.7 Å². The summed E-state index contributed by atoms with van der Waals surface area (Å²) in [6.45, 7) is 14.6. The fourth-order valence-corrected chi connectivity index (χ4v) is 6.76. The number of benzene rings is 2. The smallest absolute Gasteiger partial charge is 0.338 e. The third-order valence-corrected chi connectivity index (χ3v) is 9.44. The zero-order valence-corrected chi connectivity index (χ0v) is 31.0. The van der Waals surface area contributed by atoms with E-state index in [1.165, 1.54) is 6.33 Å². The summed E-state index contributed by atoms with van der Waals surface area (Å²) in [5.74, 6) is -0.514. The Hall–Kier alpha value is -4.16. The van der Waals surface area contributed by atoms with Gasteiger partial charge in [0.2, 0.25) is 7.44 Å². The molecule has 0 amide bonds. The number of hydrogen-bond donors (Lipinski definition) is 3. The Balaban J connectivity index is 1.45. The minimum atomic E-state index is -3.36. The zero-order chi connectivity index (χ0) is 36.5. The molecule has 0 spiro atoms. The summed E-state index contributed by atoms with van der Waals surface area (Å²) in [4.78, 5) is 38.4. The Morgan fingerprint density at radius 3 is 2.04 bits per heavy atom. The molecule has 0 radical (unpaired) electrons. The van der Waals surface area contributed by atoms with Crippen molar-refractivity contribution >= 4 is 36.4 Å². The lowest BCUT2D eigenvalue weighted by atomic mass is 9.98. The van der Waals surface area contributed by atoms with Gasteiger partial charge in [0.1, 0.15) is 23.8 Å². The van der Waals surface area contributed by atoms with Gasteiger partial charge in [0.25, 0.3) is 0 Å². The van der Waals surface area contributed by atoms with Crippen molar-refractivity contribution < 1.29 is 28.4 Å². The van der Waals surface area contributed by atoms with Gasteiger partial charge in [0.05, 0.1) is 36.7 Å². The van der Waals surface area contributed by atoms with Crippen LogP contribution in [-0.4, -0.2) is 69.2 Å². The number of nitrogens with two attached hydrogens (primary N) is 1. The number of fused-ring (bicyclic) bond motifs is 1. The van der Waals surface area contributed by atoms with Gasteiger partial charge in [-0.3, -0.25) is 14.7 Å². The number of ether oxygens (including phenoxy) is 3. The van der Waals surface area contributed by atoms with E-state index in [1.807, 2.05) is 77.3 Å². The minimum Gasteiger partial charge on any atom is -0.462 e. The maximum atomic E-state index is 14.4. The molecule has 0 fully saturated rings. The van der Waals surface area contributed by atoms with E-state index in [4.69, 9.17) is 19.9 Å². The van der Waals surface area contributed by atoms with Gasteiger partial charge < -0.3 is 24.5 Å². The van der Waals surface area contributed by atoms with Crippen LogP contribution in [0.25, 0.3) is 11.2 Å². The highest BCUT2D eigenvalue weighted by Gasteiger charge is 2.25. The summed E-state index contributed by atoms with van der Waals surface area (Å²) in [5.41, 5.74) is 8.70. The Morgan fingerprint density at radius 2 is 1.46 bits per heavy atom. The summed E-state index contributed by atoms with van der Waals surface area (Å²) < 4.78 is 33.5. The Morgan fingerprint density at radius 1 is 0.880 bits per heavy atom. The first-order valence-electron chi connectivity index (χ1n) is 16.7. The predicted octanol–water partition coefficient (Wildman–Crippen LogP) is 5.79. The molecule has 50 heavy (non-hydrogen) atoms. The number of anilines is 1. The summed E-state index contributed by atoms with van der Waals surface area (Å²) in [6, 6.07) is 14.5. The summed E-state index contributed by atoms with van der Waals surface area (Å²) in [7, 11) is -3.36. The van der Waals surface area contributed by atoms with Crippen molar-refractivity contribution in [2.45, 2.75) is 79.6 Å². The van der Waals surface area contributed by atoms with E-state index in [9.17, 15) is 14.2 Å². The van der Waals surface area contributed by atoms with Crippen molar-refractivity contribution in [3.63, 3.8) is 0 Å². The van der Waals surface area contributed by atoms with Gasteiger partial charge in [-0.05, 0) is 69.2 Å². The third-order valence-electron chi connectivity index (χ3n) is 7.46. The number of esters is 2. The summed E-state index contributed by atoms with van der Waals surface area (Å²) in [6.07, 6.45) is 3.35. The fraction of sp³-hybridized carbons (Fsp3) is 0.472. The molecule has 0 unspecified atom stereocenters. The largest absolute Gasteiger partial charge is 0.462 e. The molecule has 270 valence electrons. The van der Waals surface area contributed by atoms with Crippen molar-refractivity contribution in [3.8, 4) is 0 Å². The van der Waals surface area contributed by atoms with Crippen LogP contribution in [0.1, 0.15) is 80.3 Å².